The second kappa shape index (κ2) is 6.44. The van der Waals surface area contributed by atoms with Crippen LogP contribution in [0.3, 0.4) is 0 Å². The standard InChI is InChI=1S/C21H20FN5O/c1-11(20-24-17-7-6-13(22)10-18(17)27-20)23-19(28)9-12-8-14(12)21-25-15-4-2-3-5-16(15)26-21/h2-7,10-12,14H,8-9H2,1H3,(H,23,28)(H,24,27)(H,25,26)/t11-,12+,14+/m1/s1. The summed E-state index contributed by atoms with van der Waals surface area (Å²) in [5.74, 6) is 1.87. The second-order valence-corrected chi connectivity index (χ2v) is 7.52. The number of rotatable bonds is 5. The van der Waals surface area contributed by atoms with Gasteiger partial charge in [0.1, 0.15) is 17.5 Å². The minimum atomic E-state index is -0.315. The van der Waals surface area contributed by atoms with Crippen LogP contribution in [0.4, 0.5) is 4.39 Å². The summed E-state index contributed by atoms with van der Waals surface area (Å²) in [6, 6.07) is 12.1. The van der Waals surface area contributed by atoms with Crippen molar-refractivity contribution >= 4 is 28.0 Å². The molecule has 1 aliphatic rings. The van der Waals surface area contributed by atoms with E-state index >= 15 is 0 Å². The third-order valence-corrected chi connectivity index (χ3v) is 5.38. The van der Waals surface area contributed by atoms with Gasteiger partial charge >= 0.3 is 0 Å². The van der Waals surface area contributed by atoms with E-state index in [1.54, 1.807) is 6.07 Å². The summed E-state index contributed by atoms with van der Waals surface area (Å²) in [7, 11) is 0. The zero-order chi connectivity index (χ0) is 19.3. The largest absolute Gasteiger partial charge is 0.346 e. The molecule has 0 radical (unpaired) electrons. The van der Waals surface area contributed by atoms with Gasteiger partial charge in [0.2, 0.25) is 5.91 Å². The maximum atomic E-state index is 13.3. The minimum absolute atomic E-state index is 0.0113. The monoisotopic (exact) mass is 377 g/mol. The van der Waals surface area contributed by atoms with E-state index < -0.39 is 0 Å². The lowest BCUT2D eigenvalue weighted by Gasteiger charge is -2.11. The molecule has 1 amide bonds. The van der Waals surface area contributed by atoms with Gasteiger partial charge in [-0.1, -0.05) is 12.1 Å². The first-order valence-electron chi connectivity index (χ1n) is 9.46. The van der Waals surface area contributed by atoms with Gasteiger partial charge in [-0.25, -0.2) is 14.4 Å². The average molecular weight is 377 g/mol. The van der Waals surface area contributed by atoms with E-state index in [9.17, 15) is 9.18 Å². The number of halogens is 1. The van der Waals surface area contributed by atoms with Crippen LogP contribution in [0, 0.1) is 11.7 Å². The number of imidazole rings is 2. The average Bonchev–Trinajstić information content (AvgIpc) is 3.12. The lowest BCUT2D eigenvalue weighted by Crippen LogP contribution is -2.27. The third kappa shape index (κ3) is 3.13. The lowest BCUT2D eigenvalue weighted by atomic mass is 10.2. The lowest BCUT2D eigenvalue weighted by molar-refractivity contribution is -0.122. The Labute approximate surface area is 160 Å². The Bertz CT molecular complexity index is 1150. The Morgan fingerprint density at radius 2 is 2.00 bits per heavy atom. The summed E-state index contributed by atoms with van der Waals surface area (Å²) in [5, 5.41) is 2.98. The van der Waals surface area contributed by atoms with Crippen molar-refractivity contribution in [3.63, 3.8) is 0 Å². The first-order chi connectivity index (χ1) is 13.6. The molecule has 0 saturated heterocycles. The smallest absolute Gasteiger partial charge is 0.220 e. The summed E-state index contributed by atoms with van der Waals surface area (Å²) < 4.78 is 13.3. The third-order valence-electron chi connectivity index (χ3n) is 5.38. The molecule has 4 aromatic rings. The fourth-order valence-electron chi connectivity index (χ4n) is 3.77. The number of carbonyl (C=O) groups excluding carboxylic acids is 1. The van der Waals surface area contributed by atoms with E-state index in [0.717, 1.165) is 23.3 Å². The highest BCUT2D eigenvalue weighted by Gasteiger charge is 2.41. The molecule has 1 fully saturated rings. The predicted octanol–water partition coefficient (Wildman–Crippen LogP) is 3.95. The second-order valence-electron chi connectivity index (χ2n) is 7.52. The molecule has 0 aliphatic heterocycles. The topological polar surface area (TPSA) is 86.5 Å². The number of hydrogen-bond acceptors (Lipinski definition) is 3. The summed E-state index contributed by atoms with van der Waals surface area (Å²) in [6.07, 6.45) is 1.42. The zero-order valence-corrected chi connectivity index (χ0v) is 15.4. The number of nitrogens with zero attached hydrogens (tertiary/aromatic N) is 2. The number of amides is 1. The maximum Gasteiger partial charge on any atom is 0.220 e. The molecule has 142 valence electrons. The molecular formula is C21H20FN5O. The van der Waals surface area contributed by atoms with Gasteiger partial charge in [0.25, 0.3) is 0 Å². The number of nitrogens with one attached hydrogen (secondary N) is 3. The normalized spacial score (nSPS) is 19.8. The predicted molar refractivity (Wildman–Crippen MR) is 104 cm³/mol. The molecule has 0 spiro atoms. The van der Waals surface area contributed by atoms with Crippen LogP contribution in [0.5, 0.6) is 0 Å². The van der Waals surface area contributed by atoms with Crippen molar-refractivity contribution in [3.05, 3.63) is 59.9 Å². The van der Waals surface area contributed by atoms with E-state index in [1.807, 2.05) is 31.2 Å². The van der Waals surface area contributed by atoms with Gasteiger partial charge in [0.15, 0.2) is 0 Å². The van der Waals surface area contributed by atoms with Gasteiger partial charge in [0.05, 0.1) is 28.1 Å². The van der Waals surface area contributed by atoms with E-state index in [2.05, 4.69) is 25.3 Å². The van der Waals surface area contributed by atoms with Crippen molar-refractivity contribution in [2.75, 3.05) is 0 Å². The SMILES string of the molecule is C[C@@H](NC(=O)C[C@@H]1C[C@@H]1c1nc2ccccc2[nH]1)c1nc2ccc(F)cc2[nH]1. The molecule has 2 heterocycles. The van der Waals surface area contributed by atoms with Crippen LogP contribution in [0.1, 0.15) is 43.4 Å². The van der Waals surface area contributed by atoms with E-state index in [-0.39, 0.29) is 17.8 Å². The van der Waals surface area contributed by atoms with Crippen LogP contribution in [-0.2, 0) is 4.79 Å². The zero-order valence-electron chi connectivity index (χ0n) is 15.4. The number of benzene rings is 2. The number of para-hydroxylation sites is 2. The van der Waals surface area contributed by atoms with Crippen molar-refractivity contribution in [3.8, 4) is 0 Å². The van der Waals surface area contributed by atoms with E-state index in [1.165, 1.54) is 12.1 Å². The van der Waals surface area contributed by atoms with Crippen LogP contribution < -0.4 is 5.32 Å². The van der Waals surface area contributed by atoms with Gasteiger partial charge < -0.3 is 15.3 Å². The van der Waals surface area contributed by atoms with Crippen molar-refractivity contribution in [1.29, 1.82) is 0 Å². The van der Waals surface area contributed by atoms with Crippen LogP contribution in [-0.4, -0.2) is 25.8 Å². The highest BCUT2D eigenvalue weighted by atomic mass is 19.1. The molecule has 7 heteroatoms. The number of aromatic nitrogens is 4. The molecule has 3 N–H and O–H groups in total. The van der Waals surface area contributed by atoms with Crippen molar-refractivity contribution < 1.29 is 9.18 Å². The van der Waals surface area contributed by atoms with Crippen LogP contribution in [0.2, 0.25) is 0 Å². The minimum Gasteiger partial charge on any atom is -0.346 e. The highest BCUT2D eigenvalue weighted by molar-refractivity contribution is 5.78. The van der Waals surface area contributed by atoms with Crippen molar-refractivity contribution in [2.45, 2.75) is 31.7 Å². The molecule has 2 aromatic carbocycles. The highest BCUT2D eigenvalue weighted by Crippen LogP contribution is 2.48. The summed E-state index contributed by atoms with van der Waals surface area (Å²) in [5.41, 5.74) is 3.30. The molecule has 1 aliphatic carbocycles. The Morgan fingerprint density at radius 1 is 1.18 bits per heavy atom. The number of aromatic amines is 2. The molecule has 3 atom stereocenters. The maximum absolute atomic E-state index is 13.3. The summed E-state index contributed by atoms with van der Waals surface area (Å²) in [4.78, 5) is 28.0. The van der Waals surface area contributed by atoms with Gasteiger partial charge in [0, 0.05) is 12.3 Å². The van der Waals surface area contributed by atoms with Gasteiger partial charge in [-0.3, -0.25) is 4.79 Å². The molecule has 0 bridgehead atoms. The fourth-order valence-corrected chi connectivity index (χ4v) is 3.77. The first kappa shape index (κ1) is 16.9. The van der Waals surface area contributed by atoms with E-state index in [4.69, 9.17) is 0 Å². The van der Waals surface area contributed by atoms with Crippen molar-refractivity contribution in [1.82, 2.24) is 25.3 Å². The Hall–Kier alpha value is -3.22. The molecule has 28 heavy (non-hydrogen) atoms. The van der Waals surface area contributed by atoms with Crippen molar-refractivity contribution in [2.24, 2.45) is 5.92 Å². The van der Waals surface area contributed by atoms with Gasteiger partial charge in [-0.05, 0) is 49.6 Å². The molecule has 5 rings (SSSR count). The first-order valence-corrected chi connectivity index (χ1v) is 9.46. The Balaban J connectivity index is 1.21. The number of carbonyl (C=O) groups is 1. The molecule has 0 unspecified atom stereocenters. The Kier molecular flexibility index (Phi) is 3.89. The number of hydrogen-bond donors (Lipinski definition) is 3. The molecule has 1 saturated carbocycles. The number of H-pyrrole nitrogens is 2. The van der Waals surface area contributed by atoms with Crippen LogP contribution in [0.25, 0.3) is 22.1 Å². The summed E-state index contributed by atoms with van der Waals surface area (Å²) in [6.45, 7) is 1.87. The molecule has 6 nitrogen and oxygen atoms in total. The summed E-state index contributed by atoms with van der Waals surface area (Å²) >= 11 is 0. The van der Waals surface area contributed by atoms with Gasteiger partial charge in [-0.15, -0.1) is 0 Å². The quantitative estimate of drug-likeness (QED) is 0.492. The van der Waals surface area contributed by atoms with Crippen LogP contribution >= 0.6 is 0 Å². The fraction of sp³-hybridized carbons (Fsp3) is 0.286. The van der Waals surface area contributed by atoms with E-state index in [0.29, 0.717) is 35.1 Å². The number of fused-ring (bicyclic) bond motifs is 2. The molecule has 2 aromatic heterocycles. The van der Waals surface area contributed by atoms with Crippen LogP contribution in [0.15, 0.2) is 42.5 Å². The van der Waals surface area contributed by atoms with Gasteiger partial charge in [-0.2, -0.15) is 0 Å². The molecular weight excluding hydrogens is 357 g/mol. The Morgan fingerprint density at radius 3 is 2.86 bits per heavy atom.